The van der Waals surface area contributed by atoms with Gasteiger partial charge >= 0.3 is 0 Å². The van der Waals surface area contributed by atoms with E-state index in [1.54, 1.807) is 24.3 Å². The molecule has 4 heterocycles. The van der Waals surface area contributed by atoms with Crippen LogP contribution in [0, 0.1) is 0 Å². The molecule has 0 amide bonds. The van der Waals surface area contributed by atoms with Gasteiger partial charge in [0.05, 0.1) is 29.0 Å². The van der Waals surface area contributed by atoms with E-state index in [0.717, 1.165) is 16.6 Å². The molecule has 4 aromatic rings. The first-order valence-corrected chi connectivity index (χ1v) is 14.3. The third-order valence-electron chi connectivity index (χ3n) is 7.04. The number of hydrogen-bond donors (Lipinski definition) is 4. The molecule has 2 aliphatic rings. The van der Waals surface area contributed by atoms with Gasteiger partial charge in [-0.3, -0.25) is 0 Å². The summed E-state index contributed by atoms with van der Waals surface area (Å²) in [6, 6.07) is 9.61. The first kappa shape index (κ1) is 25.6. The van der Waals surface area contributed by atoms with E-state index in [4.69, 9.17) is 17.0 Å². The van der Waals surface area contributed by atoms with Gasteiger partial charge in [-0.05, 0) is 42.5 Å². The van der Waals surface area contributed by atoms with E-state index < -0.39 is 10.0 Å². The number of sulfonamides is 1. The average molecular weight is 570 g/mol. The Kier molecular flexibility index (Phi) is 6.62. The van der Waals surface area contributed by atoms with Crippen LogP contribution in [0.1, 0.15) is 0 Å². The SMILES string of the molecule is O=S(=O)(c1ccc(NC(=S)N2CCN(c3ncnc4[nH]c5cc(O)c(O)cc5c34)CC2)cc1)N1CCOCC1. The van der Waals surface area contributed by atoms with Crippen molar-refractivity contribution in [1.29, 1.82) is 0 Å². The van der Waals surface area contributed by atoms with Gasteiger partial charge in [-0.25, -0.2) is 18.4 Å². The maximum atomic E-state index is 12.9. The number of nitrogens with one attached hydrogen (secondary N) is 2. The highest BCUT2D eigenvalue weighted by molar-refractivity contribution is 7.89. The van der Waals surface area contributed by atoms with E-state index in [0.29, 0.717) is 74.4 Å². The summed E-state index contributed by atoms with van der Waals surface area (Å²) in [4.78, 5) is 16.5. The lowest BCUT2D eigenvalue weighted by Crippen LogP contribution is -2.50. The Morgan fingerprint density at radius 3 is 2.38 bits per heavy atom. The molecule has 12 nitrogen and oxygen atoms in total. The van der Waals surface area contributed by atoms with Crippen molar-refractivity contribution in [1.82, 2.24) is 24.2 Å². The topological polar surface area (TPSA) is 147 Å². The fourth-order valence-corrected chi connectivity index (χ4v) is 6.65. The van der Waals surface area contributed by atoms with E-state index in [9.17, 15) is 18.6 Å². The Balaban J connectivity index is 1.12. The molecular weight excluding hydrogens is 542 g/mol. The minimum absolute atomic E-state index is 0.202. The highest BCUT2D eigenvalue weighted by Gasteiger charge is 2.27. The molecular formula is C25H27N7O5S2. The van der Waals surface area contributed by atoms with Crippen LogP contribution in [0.5, 0.6) is 11.5 Å². The van der Waals surface area contributed by atoms with E-state index >= 15 is 0 Å². The molecule has 2 aromatic heterocycles. The number of rotatable bonds is 4. The van der Waals surface area contributed by atoms with Crippen LogP contribution in [0.3, 0.4) is 0 Å². The Hall–Kier alpha value is -3.72. The number of benzene rings is 2. The highest BCUT2D eigenvalue weighted by Crippen LogP contribution is 2.37. The summed E-state index contributed by atoms with van der Waals surface area (Å²) in [6.45, 7) is 4.11. The lowest BCUT2D eigenvalue weighted by molar-refractivity contribution is 0.0730. The second-order valence-electron chi connectivity index (χ2n) is 9.38. The number of ether oxygens (including phenoxy) is 1. The van der Waals surface area contributed by atoms with E-state index in [2.05, 4.69) is 30.1 Å². The number of H-pyrrole nitrogens is 1. The molecule has 6 rings (SSSR count). The Bertz CT molecular complexity index is 1650. The van der Waals surface area contributed by atoms with Crippen molar-refractivity contribution < 1.29 is 23.4 Å². The zero-order chi connectivity index (χ0) is 27.1. The lowest BCUT2D eigenvalue weighted by Gasteiger charge is -2.37. The first-order chi connectivity index (χ1) is 18.8. The van der Waals surface area contributed by atoms with Crippen LogP contribution >= 0.6 is 12.2 Å². The predicted molar refractivity (Wildman–Crippen MR) is 151 cm³/mol. The fraction of sp³-hybridized carbons (Fsp3) is 0.320. The van der Waals surface area contributed by atoms with Crippen LogP contribution in [0.2, 0.25) is 0 Å². The van der Waals surface area contributed by atoms with Gasteiger partial charge in [0.2, 0.25) is 10.0 Å². The predicted octanol–water partition coefficient (Wildman–Crippen LogP) is 2.06. The van der Waals surface area contributed by atoms with Crippen LogP contribution in [0.4, 0.5) is 11.5 Å². The van der Waals surface area contributed by atoms with Crippen LogP contribution in [0.15, 0.2) is 47.6 Å². The minimum atomic E-state index is -3.55. The second kappa shape index (κ2) is 10.1. The van der Waals surface area contributed by atoms with Gasteiger partial charge < -0.3 is 35.1 Å². The zero-order valence-electron chi connectivity index (χ0n) is 20.9. The number of aromatic nitrogens is 3. The van der Waals surface area contributed by atoms with Crippen LogP contribution in [-0.4, -0.2) is 100 Å². The summed E-state index contributed by atoms with van der Waals surface area (Å²) in [5.41, 5.74) is 2.00. The third kappa shape index (κ3) is 4.80. The number of aromatic hydroxyl groups is 2. The molecule has 4 N–H and O–H groups in total. The van der Waals surface area contributed by atoms with Crippen molar-refractivity contribution in [3.63, 3.8) is 0 Å². The quantitative estimate of drug-likeness (QED) is 0.212. The number of phenols is 2. The average Bonchev–Trinajstić information content (AvgIpc) is 3.31. The minimum Gasteiger partial charge on any atom is -0.504 e. The first-order valence-electron chi connectivity index (χ1n) is 12.5. The summed E-state index contributed by atoms with van der Waals surface area (Å²) >= 11 is 5.65. The van der Waals surface area contributed by atoms with E-state index in [1.165, 1.54) is 22.8 Å². The van der Waals surface area contributed by atoms with Crippen LogP contribution in [-0.2, 0) is 14.8 Å². The standard InChI is InChI=1S/C25H27N7O5S2/c33-20-13-18-19(14-21(20)34)29-23-22(18)24(27-15-26-23)30-5-7-31(8-6-30)25(38)28-16-1-3-17(4-2-16)39(35,36)32-9-11-37-12-10-32/h1-4,13-15,33-34H,5-12H2,(H,28,38)(H,26,27,29). The molecule has 2 aliphatic heterocycles. The van der Waals surface area contributed by atoms with Gasteiger partial charge in [0.1, 0.15) is 17.8 Å². The number of phenolic OH excluding ortho intramolecular Hbond substituents is 2. The van der Waals surface area contributed by atoms with Crippen molar-refractivity contribution in [2.24, 2.45) is 0 Å². The van der Waals surface area contributed by atoms with Crippen molar-refractivity contribution in [2.45, 2.75) is 4.90 Å². The van der Waals surface area contributed by atoms with E-state index in [-0.39, 0.29) is 16.4 Å². The van der Waals surface area contributed by atoms with Gasteiger partial charge in [-0.1, -0.05) is 0 Å². The van der Waals surface area contributed by atoms with Crippen molar-refractivity contribution in [3.05, 3.63) is 42.7 Å². The molecule has 0 radical (unpaired) electrons. The Labute approximate surface area is 229 Å². The monoisotopic (exact) mass is 569 g/mol. The molecule has 2 saturated heterocycles. The van der Waals surface area contributed by atoms with Crippen molar-refractivity contribution in [2.75, 3.05) is 62.7 Å². The van der Waals surface area contributed by atoms with Gasteiger partial charge in [0.25, 0.3) is 0 Å². The maximum absolute atomic E-state index is 12.9. The number of thiocarbonyl (C=S) groups is 1. The zero-order valence-corrected chi connectivity index (χ0v) is 22.5. The van der Waals surface area contributed by atoms with Crippen LogP contribution in [0.25, 0.3) is 21.9 Å². The Morgan fingerprint density at radius 2 is 1.67 bits per heavy atom. The number of hydrogen-bond acceptors (Lipinski definition) is 9. The maximum Gasteiger partial charge on any atom is 0.243 e. The molecule has 39 heavy (non-hydrogen) atoms. The summed E-state index contributed by atoms with van der Waals surface area (Å²) in [7, 11) is -3.55. The van der Waals surface area contributed by atoms with Gasteiger partial charge in [0.15, 0.2) is 16.6 Å². The molecule has 0 unspecified atom stereocenters. The number of fused-ring (bicyclic) bond motifs is 3. The molecule has 0 spiro atoms. The summed E-state index contributed by atoms with van der Waals surface area (Å²) in [6.07, 6.45) is 1.49. The number of nitrogens with zero attached hydrogens (tertiary/aromatic N) is 5. The van der Waals surface area contributed by atoms with Crippen LogP contribution < -0.4 is 10.2 Å². The number of morpholine rings is 1. The number of aromatic amines is 1. The molecule has 14 heteroatoms. The largest absolute Gasteiger partial charge is 0.504 e. The molecule has 0 bridgehead atoms. The molecule has 0 aliphatic carbocycles. The second-order valence-corrected chi connectivity index (χ2v) is 11.7. The van der Waals surface area contributed by atoms with Crippen molar-refractivity contribution in [3.8, 4) is 11.5 Å². The normalized spacial score (nSPS) is 17.1. The third-order valence-corrected chi connectivity index (χ3v) is 9.32. The fourth-order valence-electron chi connectivity index (χ4n) is 4.94. The summed E-state index contributed by atoms with van der Waals surface area (Å²) < 4.78 is 32.4. The summed E-state index contributed by atoms with van der Waals surface area (Å²) in [5.74, 6) is 0.338. The molecule has 2 aromatic carbocycles. The molecule has 2 fully saturated rings. The van der Waals surface area contributed by atoms with Gasteiger partial charge in [0, 0.05) is 56.4 Å². The van der Waals surface area contributed by atoms with E-state index in [1.807, 2.05) is 0 Å². The van der Waals surface area contributed by atoms with Gasteiger partial charge in [-0.15, -0.1) is 0 Å². The van der Waals surface area contributed by atoms with Crippen molar-refractivity contribution >= 4 is 60.8 Å². The smallest absolute Gasteiger partial charge is 0.243 e. The molecule has 204 valence electrons. The highest BCUT2D eigenvalue weighted by atomic mass is 32.2. The molecule has 0 saturated carbocycles. The summed E-state index contributed by atoms with van der Waals surface area (Å²) in [5, 5.41) is 25.2. The Morgan fingerprint density at radius 1 is 0.974 bits per heavy atom. The molecule has 0 atom stereocenters. The number of anilines is 2. The van der Waals surface area contributed by atoms with Gasteiger partial charge in [-0.2, -0.15) is 4.31 Å². The lowest BCUT2D eigenvalue weighted by atomic mass is 10.1. The number of piperazine rings is 1.